The molecule has 78 valence electrons. The van der Waals surface area contributed by atoms with Crippen LogP contribution in [-0.2, 0) is 6.54 Å². The summed E-state index contributed by atoms with van der Waals surface area (Å²) < 4.78 is 1.63. The van der Waals surface area contributed by atoms with Crippen molar-refractivity contribution in [3.05, 3.63) is 30.1 Å². The molecule has 0 spiro atoms. The Morgan fingerprint density at radius 3 is 3.07 bits per heavy atom. The van der Waals surface area contributed by atoms with Gasteiger partial charge in [-0.25, -0.2) is 4.68 Å². The molecule has 14 heavy (non-hydrogen) atoms. The minimum absolute atomic E-state index is 0.512. The Morgan fingerprint density at radius 1 is 1.79 bits per heavy atom. The number of hydrogen-bond donors (Lipinski definition) is 2. The molecule has 1 rings (SSSR count). The Hall–Kier alpha value is -1.13. The van der Waals surface area contributed by atoms with Crippen LogP contribution in [0.2, 0.25) is 0 Å². The summed E-state index contributed by atoms with van der Waals surface area (Å²) in [5.41, 5.74) is 1.90. The third-order valence-electron chi connectivity index (χ3n) is 1.95. The zero-order chi connectivity index (χ0) is 10.6. The lowest BCUT2D eigenvalue weighted by atomic mass is 10.3. The van der Waals surface area contributed by atoms with E-state index in [1.165, 1.54) is 0 Å². The van der Waals surface area contributed by atoms with Gasteiger partial charge in [-0.15, -0.1) is 6.58 Å². The van der Waals surface area contributed by atoms with Crippen LogP contribution in [-0.4, -0.2) is 21.9 Å². The number of hydrogen-bond acceptors (Lipinski definition) is 3. The minimum Gasteiger partial charge on any atom is -0.371 e. The van der Waals surface area contributed by atoms with Crippen molar-refractivity contribution in [3.8, 4) is 0 Å². The monoisotopic (exact) mass is 195 g/mol. The molecule has 1 atom stereocenters. The van der Waals surface area contributed by atoms with Crippen LogP contribution in [0.5, 0.6) is 0 Å². The predicted molar refractivity (Wildman–Crippen MR) is 55.8 cm³/mol. The summed E-state index contributed by atoms with van der Waals surface area (Å²) in [6, 6.07) is 1.96. The quantitative estimate of drug-likeness (QED) is 0.688. The first-order chi connectivity index (χ1) is 6.69. The first-order valence-electron chi connectivity index (χ1n) is 4.67. The SMILES string of the molecule is C=CCC(O)n1nc(C)cc1CNC. The first kappa shape index (κ1) is 10.9. The van der Waals surface area contributed by atoms with E-state index in [9.17, 15) is 5.11 Å². The van der Waals surface area contributed by atoms with Crippen LogP contribution in [0.15, 0.2) is 18.7 Å². The van der Waals surface area contributed by atoms with Gasteiger partial charge in [0.2, 0.25) is 0 Å². The van der Waals surface area contributed by atoms with E-state index in [4.69, 9.17) is 0 Å². The van der Waals surface area contributed by atoms with Crippen LogP contribution in [0.1, 0.15) is 24.0 Å². The van der Waals surface area contributed by atoms with E-state index in [0.29, 0.717) is 13.0 Å². The van der Waals surface area contributed by atoms with Crippen LogP contribution in [0.3, 0.4) is 0 Å². The summed E-state index contributed by atoms with van der Waals surface area (Å²) in [6.45, 7) is 6.21. The molecule has 1 aromatic rings. The summed E-state index contributed by atoms with van der Waals surface area (Å²) in [7, 11) is 1.87. The molecular weight excluding hydrogens is 178 g/mol. The molecule has 0 amide bonds. The van der Waals surface area contributed by atoms with Gasteiger partial charge in [0.05, 0.1) is 11.4 Å². The molecule has 0 aliphatic rings. The summed E-state index contributed by atoms with van der Waals surface area (Å²) in [6.07, 6.45) is 1.59. The molecule has 0 saturated heterocycles. The van der Waals surface area contributed by atoms with Gasteiger partial charge in [0, 0.05) is 13.0 Å². The Labute approximate surface area is 84.2 Å². The predicted octanol–water partition coefficient (Wildman–Crippen LogP) is 0.978. The maximum atomic E-state index is 9.74. The summed E-state index contributed by atoms with van der Waals surface area (Å²) in [5, 5.41) is 17.0. The van der Waals surface area contributed by atoms with Crippen LogP contribution < -0.4 is 5.32 Å². The Bertz CT molecular complexity index is 306. The topological polar surface area (TPSA) is 50.1 Å². The standard InChI is InChI=1S/C10H17N3O/c1-4-5-10(14)13-9(7-11-3)6-8(2)12-13/h4,6,10-11,14H,1,5,7H2,2-3H3. The number of aliphatic hydroxyl groups is 1. The van der Waals surface area contributed by atoms with Crippen molar-refractivity contribution >= 4 is 0 Å². The van der Waals surface area contributed by atoms with E-state index in [1.54, 1.807) is 10.8 Å². The zero-order valence-corrected chi connectivity index (χ0v) is 8.70. The van der Waals surface area contributed by atoms with Crippen molar-refractivity contribution in [3.63, 3.8) is 0 Å². The van der Waals surface area contributed by atoms with Crippen LogP contribution in [0.4, 0.5) is 0 Å². The average molecular weight is 195 g/mol. The van der Waals surface area contributed by atoms with Gasteiger partial charge in [0.1, 0.15) is 0 Å². The fourth-order valence-corrected chi connectivity index (χ4v) is 1.39. The van der Waals surface area contributed by atoms with Gasteiger partial charge in [-0.3, -0.25) is 0 Å². The van der Waals surface area contributed by atoms with Gasteiger partial charge in [-0.05, 0) is 20.0 Å². The summed E-state index contributed by atoms with van der Waals surface area (Å²) >= 11 is 0. The molecule has 4 heteroatoms. The lowest BCUT2D eigenvalue weighted by Gasteiger charge is -2.12. The molecule has 0 aliphatic heterocycles. The van der Waals surface area contributed by atoms with E-state index in [0.717, 1.165) is 11.4 Å². The maximum Gasteiger partial charge on any atom is 0.150 e. The lowest BCUT2D eigenvalue weighted by Crippen LogP contribution is -2.16. The zero-order valence-electron chi connectivity index (χ0n) is 8.70. The maximum absolute atomic E-state index is 9.74. The highest BCUT2D eigenvalue weighted by Crippen LogP contribution is 2.12. The molecule has 2 N–H and O–H groups in total. The van der Waals surface area contributed by atoms with Crippen molar-refractivity contribution in [2.45, 2.75) is 26.1 Å². The molecule has 0 radical (unpaired) electrons. The fourth-order valence-electron chi connectivity index (χ4n) is 1.39. The van der Waals surface area contributed by atoms with E-state index < -0.39 is 6.23 Å². The fraction of sp³-hybridized carbons (Fsp3) is 0.500. The van der Waals surface area contributed by atoms with Crippen molar-refractivity contribution in [2.75, 3.05) is 7.05 Å². The number of nitrogens with one attached hydrogen (secondary N) is 1. The summed E-state index contributed by atoms with van der Waals surface area (Å²) in [5.74, 6) is 0. The lowest BCUT2D eigenvalue weighted by molar-refractivity contribution is 0.0901. The molecular formula is C10H17N3O. The molecule has 1 unspecified atom stereocenters. The molecule has 0 bridgehead atoms. The Morgan fingerprint density at radius 2 is 2.50 bits per heavy atom. The Balaban J connectivity index is 2.87. The second-order valence-electron chi connectivity index (χ2n) is 3.26. The number of rotatable bonds is 5. The van der Waals surface area contributed by atoms with Gasteiger partial charge in [0.15, 0.2) is 6.23 Å². The Kier molecular flexibility index (Phi) is 3.85. The first-order valence-corrected chi connectivity index (χ1v) is 4.67. The van der Waals surface area contributed by atoms with E-state index in [-0.39, 0.29) is 0 Å². The molecule has 1 aromatic heterocycles. The van der Waals surface area contributed by atoms with Gasteiger partial charge in [-0.1, -0.05) is 6.08 Å². The minimum atomic E-state index is -0.607. The van der Waals surface area contributed by atoms with Crippen molar-refractivity contribution < 1.29 is 5.11 Å². The van der Waals surface area contributed by atoms with E-state index in [2.05, 4.69) is 17.0 Å². The van der Waals surface area contributed by atoms with Gasteiger partial charge in [-0.2, -0.15) is 5.10 Å². The van der Waals surface area contributed by atoms with Gasteiger partial charge in [0.25, 0.3) is 0 Å². The average Bonchev–Trinajstić information content (AvgIpc) is 2.48. The smallest absolute Gasteiger partial charge is 0.150 e. The van der Waals surface area contributed by atoms with Crippen LogP contribution in [0, 0.1) is 6.92 Å². The molecule has 0 saturated carbocycles. The molecule has 1 heterocycles. The second-order valence-corrected chi connectivity index (χ2v) is 3.26. The number of aryl methyl sites for hydroxylation is 1. The highest BCUT2D eigenvalue weighted by atomic mass is 16.3. The summed E-state index contributed by atoms with van der Waals surface area (Å²) in [4.78, 5) is 0. The molecule has 0 aliphatic carbocycles. The second kappa shape index (κ2) is 4.93. The number of aromatic nitrogens is 2. The number of nitrogens with zero attached hydrogens (tertiary/aromatic N) is 2. The van der Waals surface area contributed by atoms with Crippen LogP contribution in [0.25, 0.3) is 0 Å². The van der Waals surface area contributed by atoms with Crippen molar-refractivity contribution in [1.29, 1.82) is 0 Å². The van der Waals surface area contributed by atoms with E-state index >= 15 is 0 Å². The molecule has 4 nitrogen and oxygen atoms in total. The van der Waals surface area contributed by atoms with Gasteiger partial charge >= 0.3 is 0 Å². The molecule has 0 aromatic carbocycles. The normalized spacial score (nSPS) is 12.8. The van der Waals surface area contributed by atoms with Crippen molar-refractivity contribution in [2.24, 2.45) is 0 Å². The van der Waals surface area contributed by atoms with Crippen LogP contribution >= 0.6 is 0 Å². The third-order valence-corrected chi connectivity index (χ3v) is 1.95. The highest BCUT2D eigenvalue weighted by molar-refractivity contribution is 5.09. The largest absolute Gasteiger partial charge is 0.371 e. The number of aliphatic hydroxyl groups excluding tert-OH is 1. The third kappa shape index (κ3) is 2.43. The highest BCUT2D eigenvalue weighted by Gasteiger charge is 2.11. The molecule has 0 fully saturated rings. The van der Waals surface area contributed by atoms with Crippen molar-refractivity contribution in [1.82, 2.24) is 15.1 Å². The van der Waals surface area contributed by atoms with Gasteiger partial charge < -0.3 is 10.4 Å². The van der Waals surface area contributed by atoms with E-state index in [1.807, 2.05) is 20.0 Å².